The first-order valence-corrected chi connectivity index (χ1v) is 17.2. The molecule has 1 fully saturated rings. The minimum absolute atomic E-state index is 0.00766. The van der Waals surface area contributed by atoms with Crippen molar-refractivity contribution < 1.29 is 13.9 Å². The van der Waals surface area contributed by atoms with Crippen molar-refractivity contribution in [2.24, 2.45) is 0 Å². The maximum Gasteiger partial charge on any atom is 0.250 e. The summed E-state index contributed by atoms with van der Waals surface area (Å²) in [5.41, 5.74) is 3.71. The second kappa shape index (κ2) is 13.3. The number of aryl methyl sites for hydroxylation is 1. The molecule has 3 rings (SSSR count). The lowest BCUT2D eigenvalue weighted by Gasteiger charge is -2.36. The van der Waals surface area contributed by atoms with Crippen LogP contribution in [-0.4, -0.2) is 26.8 Å². The Balaban J connectivity index is 1.46. The summed E-state index contributed by atoms with van der Waals surface area (Å²) in [5.74, 6) is 0.974. The summed E-state index contributed by atoms with van der Waals surface area (Å²) in [5, 5.41) is 0.188. The molecule has 0 bridgehead atoms. The van der Waals surface area contributed by atoms with Crippen molar-refractivity contribution in [2.75, 3.05) is 6.61 Å². The van der Waals surface area contributed by atoms with Crippen molar-refractivity contribution in [3.05, 3.63) is 65.2 Å². The van der Waals surface area contributed by atoms with Gasteiger partial charge in [-0.25, -0.2) is 0 Å². The van der Waals surface area contributed by atoms with Crippen LogP contribution in [0.2, 0.25) is 18.1 Å². The van der Waals surface area contributed by atoms with Crippen LogP contribution < -0.4 is 4.43 Å². The number of ether oxygens (including phenoxy) is 2. The summed E-state index contributed by atoms with van der Waals surface area (Å²) in [7, 11) is -1.84. The van der Waals surface area contributed by atoms with Gasteiger partial charge in [0.1, 0.15) is 5.75 Å². The number of rotatable bonds is 12. The van der Waals surface area contributed by atoms with Crippen LogP contribution in [0.15, 0.2) is 48.5 Å². The molecule has 0 radical (unpaired) electrons. The van der Waals surface area contributed by atoms with E-state index in [2.05, 4.69) is 108 Å². The summed E-state index contributed by atoms with van der Waals surface area (Å²) >= 11 is 0. The van der Waals surface area contributed by atoms with E-state index in [-0.39, 0.29) is 16.9 Å². The molecule has 0 aromatic heterocycles. The molecule has 37 heavy (non-hydrogen) atoms. The highest BCUT2D eigenvalue weighted by Gasteiger charge is 2.38. The third-order valence-electron chi connectivity index (χ3n) is 7.79. The van der Waals surface area contributed by atoms with Crippen LogP contribution in [0.25, 0.3) is 12.2 Å². The molecule has 0 aliphatic carbocycles. The molecule has 2 aromatic rings. The van der Waals surface area contributed by atoms with Gasteiger partial charge in [-0.3, -0.25) is 0 Å². The molecule has 2 aromatic carbocycles. The largest absolute Gasteiger partial charge is 0.543 e. The van der Waals surface area contributed by atoms with Gasteiger partial charge in [-0.15, -0.1) is 0 Å². The fourth-order valence-electron chi connectivity index (χ4n) is 4.45. The van der Waals surface area contributed by atoms with E-state index in [0.29, 0.717) is 0 Å². The molecule has 3 nitrogen and oxygen atoms in total. The lowest BCUT2D eigenvalue weighted by Crippen LogP contribution is -2.43. The predicted molar refractivity (Wildman–Crippen MR) is 161 cm³/mol. The first kappa shape index (κ1) is 29.7. The quantitative estimate of drug-likeness (QED) is 0.158. The molecule has 1 atom stereocenters. The van der Waals surface area contributed by atoms with Crippen LogP contribution in [0.3, 0.4) is 0 Å². The maximum absolute atomic E-state index is 6.49. The smallest absolute Gasteiger partial charge is 0.250 e. The Bertz CT molecular complexity index is 997. The molecule has 0 N–H and O–H groups in total. The predicted octanol–water partition coefficient (Wildman–Crippen LogP) is 9.67. The Kier molecular flexibility index (Phi) is 10.6. The van der Waals surface area contributed by atoms with E-state index in [9.17, 15) is 0 Å². The lowest BCUT2D eigenvalue weighted by molar-refractivity contribution is -0.217. The van der Waals surface area contributed by atoms with Crippen LogP contribution in [0.1, 0.15) is 96.3 Å². The second-order valence-electron chi connectivity index (χ2n) is 12.7. The molecule has 1 unspecified atom stereocenters. The molecule has 204 valence electrons. The number of hydrogen-bond donors (Lipinski definition) is 0. The van der Waals surface area contributed by atoms with E-state index in [1.54, 1.807) is 0 Å². The van der Waals surface area contributed by atoms with E-state index in [0.717, 1.165) is 38.0 Å². The van der Waals surface area contributed by atoms with Crippen LogP contribution in [0.4, 0.5) is 0 Å². The molecule has 0 saturated carbocycles. The molecule has 1 aliphatic heterocycles. The number of unbranched alkanes of at least 4 members (excludes halogenated alkanes) is 2. The Morgan fingerprint density at radius 3 is 2.27 bits per heavy atom. The SMILES string of the molecule is CC(C)(CCCCCc1cccc(C=Cc2cccc(O[Si](C)(C)C(C)(C)C)c2)c1)OC1CCCCO1. The van der Waals surface area contributed by atoms with E-state index in [1.807, 2.05) is 0 Å². The first-order chi connectivity index (χ1) is 17.4. The topological polar surface area (TPSA) is 27.7 Å². The highest BCUT2D eigenvalue weighted by atomic mass is 28.4. The Hall–Kier alpha value is -1.88. The van der Waals surface area contributed by atoms with Crippen molar-refractivity contribution in [1.82, 2.24) is 0 Å². The summed E-state index contributed by atoms with van der Waals surface area (Å²) in [6.07, 6.45) is 13.6. The van der Waals surface area contributed by atoms with Gasteiger partial charge in [0, 0.05) is 6.61 Å². The van der Waals surface area contributed by atoms with Gasteiger partial charge in [-0.2, -0.15) is 0 Å². The maximum atomic E-state index is 6.49. The van der Waals surface area contributed by atoms with Crippen LogP contribution >= 0.6 is 0 Å². The van der Waals surface area contributed by atoms with Crippen molar-refractivity contribution >= 4 is 20.5 Å². The normalized spacial score (nSPS) is 17.3. The van der Waals surface area contributed by atoms with Crippen molar-refractivity contribution in [3.63, 3.8) is 0 Å². The fourth-order valence-corrected chi connectivity index (χ4v) is 5.47. The molecular weight excluding hydrogens is 472 g/mol. The van der Waals surface area contributed by atoms with Crippen LogP contribution in [0, 0.1) is 0 Å². The van der Waals surface area contributed by atoms with Gasteiger partial charge in [0.2, 0.25) is 8.32 Å². The molecule has 1 heterocycles. The van der Waals surface area contributed by atoms with Crippen LogP contribution in [-0.2, 0) is 15.9 Å². The van der Waals surface area contributed by atoms with E-state index in [1.165, 1.54) is 42.4 Å². The third kappa shape index (κ3) is 10.1. The van der Waals surface area contributed by atoms with Gasteiger partial charge in [0.05, 0.1) is 5.60 Å². The van der Waals surface area contributed by atoms with Gasteiger partial charge < -0.3 is 13.9 Å². The van der Waals surface area contributed by atoms with Crippen LogP contribution in [0.5, 0.6) is 5.75 Å². The van der Waals surface area contributed by atoms with Crippen molar-refractivity contribution in [3.8, 4) is 5.75 Å². The monoisotopic (exact) mass is 522 g/mol. The number of benzene rings is 2. The van der Waals surface area contributed by atoms with Crippen molar-refractivity contribution in [2.45, 2.75) is 116 Å². The zero-order valence-corrected chi connectivity index (χ0v) is 25.4. The average Bonchev–Trinajstić information content (AvgIpc) is 2.82. The Morgan fingerprint density at radius 2 is 1.59 bits per heavy atom. The lowest BCUT2D eigenvalue weighted by atomic mass is 9.98. The zero-order chi connectivity index (χ0) is 26.9. The minimum Gasteiger partial charge on any atom is -0.543 e. The van der Waals surface area contributed by atoms with E-state index >= 15 is 0 Å². The molecule has 4 heteroatoms. The van der Waals surface area contributed by atoms with E-state index in [4.69, 9.17) is 13.9 Å². The zero-order valence-electron chi connectivity index (χ0n) is 24.4. The summed E-state index contributed by atoms with van der Waals surface area (Å²) in [4.78, 5) is 0. The van der Waals surface area contributed by atoms with Gasteiger partial charge in [-0.1, -0.05) is 82.2 Å². The summed E-state index contributed by atoms with van der Waals surface area (Å²) in [6, 6.07) is 17.4. The molecular formula is C33H50O3Si. The Labute approximate surface area is 227 Å². The summed E-state index contributed by atoms with van der Waals surface area (Å²) in [6.45, 7) is 16.7. The highest BCUT2D eigenvalue weighted by Crippen LogP contribution is 2.37. The summed E-state index contributed by atoms with van der Waals surface area (Å²) < 4.78 is 18.5. The fraction of sp³-hybridized carbons (Fsp3) is 0.576. The standard InChI is InChI=1S/C33H50O3Si/c1-32(2,3)37(6,7)36-30-19-14-18-29(26-30)22-21-28-17-13-16-27(25-28)15-9-8-11-23-33(4,5)35-31-20-10-12-24-34-31/h13-14,16-19,21-22,25-26,31H,8-12,15,20,23-24H2,1-7H3. The van der Waals surface area contributed by atoms with Gasteiger partial charge in [0.15, 0.2) is 6.29 Å². The highest BCUT2D eigenvalue weighted by molar-refractivity contribution is 6.74. The molecule has 1 aliphatic rings. The average molecular weight is 523 g/mol. The van der Waals surface area contributed by atoms with E-state index < -0.39 is 8.32 Å². The molecule has 1 saturated heterocycles. The molecule has 0 spiro atoms. The first-order valence-electron chi connectivity index (χ1n) is 14.3. The molecule has 0 amide bonds. The van der Waals surface area contributed by atoms with Crippen molar-refractivity contribution in [1.29, 1.82) is 0 Å². The Morgan fingerprint density at radius 1 is 0.892 bits per heavy atom. The van der Waals surface area contributed by atoms with Gasteiger partial charge in [0.25, 0.3) is 0 Å². The van der Waals surface area contributed by atoms with Gasteiger partial charge >= 0.3 is 0 Å². The minimum atomic E-state index is -1.84. The second-order valence-corrected chi connectivity index (χ2v) is 17.5. The van der Waals surface area contributed by atoms with Gasteiger partial charge in [-0.05, 0) is 99.3 Å². The number of hydrogen-bond acceptors (Lipinski definition) is 3. The third-order valence-corrected chi connectivity index (χ3v) is 12.1.